The van der Waals surface area contributed by atoms with Gasteiger partial charge < -0.3 is 29.5 Å². The molecule has 0 saturated carbocycles. The number of nitrogens with zero attached hydrogens (tertiary/aromatic N) is 6. The Morgan fingerprint density at radius 1 is 0.984 bits per heavy atom. The van der Waals surface area contributed by atoms with Crippen LogP contribution in [0.3, 0.4) is 0 Å². The molecule has 16 nitrogen and oxygen atoms in total. The lowest BCUT2D eigenvalue weighted by molar-refractivity contribution is -0.133. The number of hydrogen-bond acceptors (Lipinski definition) is 13. The highest BCUT2D eigenvalue weighted by molar-refractivity contribution is 6.01. The standard InChI is InChI=1S/C47H54N10O6/c1-28-24-31(10-14-35(28)29(2)49-45(60)43-52-46(63-55-43)47(3,4)5)41-36-25-32(27-48-42(36)54-53-41)30-8-11-33(12-9-30)57-21-19-56(20-22-57)18-7-23-62-34-13-15-37(39(26-34)61-6)50-38-16-17-40(58)51-44(38)59/h8-15,24-27,29,38,50H,7,16-23H2,1-6H3,(H,49,60)(H,48,53,54)(H,51,58,59). The number of amides is 3. The van der Waals surface area contributed by atoms with Gasteiger partial charge in [-0.15, -0.1) is 0 Å². The van der Waals surface area contributed by atoms with Crippen LogP contribution in [0.15, 0.2) is 77.4 Å². The predicted octanol–water partition coefficient (Wildman–Crippen LogP) is 6.59. The lowest BCUT2D eigenvalue weighted by Gasteiger charge is -2.36. The van der Waals surface area contributed by atoms with E-state index in [0.717, 1.165) is 78.0 Å². The first-order valence-electron chi connectivity index (χ1n) is 21.4. The Morgan fingerprint density at radius 3 is 2.48 bits per heavy atom. The van der Waals surface area contributed by atoms with Crippen LogP contribution in [-0.2, 0) is 15.0 Å². The summed E-state index contributed by atoms with van der Waals surface area (Å²) in [5, 5.41) is 21.1. The number of aromatic nitrogens is 5. The SMILES string of the molecule is COc1cc(OCCCN2CCN(c3ccc(-c4cnc5n[nH]c(-c6ccc(C(C)NC(=O)c7noc(C(C)(C)C)n7)c(C)c6)c5c4)cc3)CC2)ccc1NC1CCC(=O)NC1=O. The number of fused-ring (bicyclic) bond motifs is 1. The Morgan fingerprint density at radius 2 is 1.76 bits per heavy atom. The number of pyridine rings is 1. The van der Waals surface area contributed by atoms with E-state index in [-0.39, 0.29) is 35.0 Å². The molecule has 328 valence electrons. The lowest BCUT2D eigenvalue weighted by atomic mass is 9.97. The predicted molar refractivity (Wildman–Crippen MR) is 240 cm³/mol. The molecule has 0 bridgehead atoms. The first kappa shape index (κ1) is 42.9. The van der Waals surface area contributed by atoms with Gasteiger partial charge in [0.15, 0.2) is 5.65 Å². The normalized spacial score (nSPS) is 16.5. The van der Waals surface area contributed by atoms with Crippen LogP contribution in [0.2, 0.25) is 0 Å². The third-order valence-corrected chi connectivity index (χ3v) is 11.6. The van der Waals surface area contributed by atoms with E-state index in [0.29, 0.717) is 48.2 Å². The molecule has 0 aliphatic carbocycles. The lowest BCUT2D eigenvalue weighted by Crippen LogP contribution is -2.47. The van der Waals surface area contributed by atoms with Crippen molar-refractivity contribution in [2.45, 2.75) is 71.4 Å². The van der Waals surface area contributed by atoms with Crippen LogP contribution in [0, 0.1) is 6.92 Å². The van der Waals surface area contributed by atoms with E-state index in [2.05, 4.69) is 82.5 Å². The maximum absolute atomic E-state index is 12.9. The molecule has 0 spiro atoms. The van der Waals surface area contributed by atoms with Crippen molar-refractivity contribution in [3.8, 4) is 33.9 Å². The van der Waals surface area contributed by atoms with Gasteiger partial charge in [-0.05, 0) is 79.8 Å². The van der Waals surface area contributed by atoms with Crippen LogP contribution < -0.4 is 30.3 Å². The van der Waals surface area contributed by atoms with Crippen molar-refractivity contribution in [3.05, 3.63) is 95.8 Å². The molecule has 2 atom stereocenters. The van der Waals surface area contributed by atoms with Gasteiger partial charge in [0.05, 0.1) is 31.1 Å². The first-order valence-corrected chi connectivity index (χ1v) is 21.4. The molecule has 4 N–H and O–H groups in total. The minimum absolute atomic E-state index is 0.0180. The minimum Gasteiger partial charge on any atom is -0.494 e. The molecule has 16 heteroatoms. The minimum atomic E-state index is -0.491. The summed E-state index contributed by atoms with van der Waals surface area (Å²) in [5.74, 6) is 0.744. The number of piperidine rings is 1. The van der Waals surface area contributed by atoms with E-state index in [9.17, 15) is 14.4 Å². The van der Waals surface area contributed by atoms with E-state index < -0.39 is 6.04 Å². The van der Waals surface area contributed by atoms with Gasteiger partial charge in [-0.25, -0.2) is 4.98 Å². The highest BCUT2D eigenvalue weighted by Gasteiger charge is 2.28. The number of H-pyrrole nitrogens is 1. The summed E-state index contributed by atoms with van der Waals surface area (Å²) in [4.78, 5) is 50.5. The van der Waals surface area contributed by atoms with Crippen molar-refractivity contribution in [1.82, 2.24) is 40.9 Å². The largest absolute Gasteiger partial charge is 0.494 e. The van der Waals surface area contributed by atoms with Crippen molar-refractivity contribution in [1.29, 1.82) is 0 Å². The van der Waals surface area contributed by atoms with Gasteiger partial charge in [-0.3, -0.25) is 29.7 Å². The Kier molecular flexibility index (Phi) is 12.4. The molecular weight excluding hydrogens is 801 g/mol. The van der Waals surface area contributed by atoms with E-state index in [4.69, 9.17) is 19.0 Å². The second-order valence-electron chi connectivity index (χ2n) is 17.2. The van der Waals surface area contributed by atoms with Crippen LogP contribution in [0.1, 0.15) is 80.6 Å². The topological polar surface area (TPSA) is 193 Å². The number of benzene rings is 3. The van der Waals surface area contributed by atoms with Crippen LogP contribution in [0.5, 0.6) is 11.5 Å². The highest BCUT2D eigenvalue weighted by atomic mass is 16.5. The van der Waals surface area contributed by atoms with E-state index in [1.54, 1.807) is 7.11 Å². The second kappa shape index (κ2) is 18.3. The van der Waals surface area contributed by atoms with Crippen molar-refractivity contribution in [2.75, 3.05) is 56.7 Å². The molecule has 2 aliphatic heterocycles. The van der Waals surface area contributed by atoms with Gasteiger partial charge in [-0.2, -0.15) is 10.1 Å². The number of anilines is 2. The van der Waals surface area contributed by atoms with Crippen molar-refractivity contribution >= 4 is 40.1 Å². The fourth-order valence-corrected chi connectivity index (χ4v) is 8.03. The number of carbonyl (C=O) groups excluding carboxylic acids is 3. The van der Waals surface area contributed by atoms with Crippen molar-refractivity contribution in [2.24, 2.45) is 0 Å². The molecule has 3 amide bonds. The maximum atomic E-state index is 12.9. The molecule has 6 aromatic rings. The third-order valence-electron chi connectivity index (χ3n) is 11.6. The molecular formula is C47H54N10O6. The maximum Gasteiger partial charge on any atom is 0.293 e. The molecule has 63 heavy (non-hydrogen) atoms. The summed E-state index contributed by atoms with van der Waals surface area (Å²) in [7, 11) is 1.58. The molecule has 2 unspecified atom stereocenters. The Hall–Kier alpha value is -6.81. The quantitative estimate of drug-likeness (QED) is 0.0679. The van der Waals surface area contributed by atoms with Gasteiger partial charge in [0, 0.05) is 79.0 Å². The average molecular weight is 855 g/mol. The Labute approximate surface area is 366 Å². The zero-order valence-corrected chi connectivity index (χ0v) is 36.6. The summed E-state index contributed by atoms with van der Waals surface area (Å²) in [6, 6.07) is 21.7. The zero-order chi connectivity index (χ0) is 44.3. The fourth-order valence-electron chi connectivity index (χ4n) is 8.03. The van der Waals surface area contributed by atoms with E-state index in [1.807, 2.05) is 71.1 Å². The van der Waals surface area contributed by atoms with Crippen LogP contribution in [-0.4, -0.2) is 100 Å². The summed E-state index contributed by atoms with van der Waals surface area (Å²) >= 11 is 0. The monoisotopic (exact) mass is 854 g/mol. The highest BCUT2D eigenvalue weighted by Crippen LogP contribution is 2.33. The van der Waals surface area contributed by atoms with Crippen molar-refractivity contribution in [3.63, 3.8) is 0 Å². The number of imide groups is 1. The first-order chi connectivity index (χ1) is 30.3. The Balaban J connectivity index is 0.821. The number of carbonyl (C=O) groups is 3. The molecule has 3 aromatic carbocycles. The Bertz CT molecular complexity index is 2610. The smallest absolute Gasteiger partial charge is 0.293 e. The molecule has 2 saturated heterocycles. The van der Waals surface area contributed by atoms with E-state index >= 15 is 0 Å². The molecule has 3 aromatic heterocycles. The number of ether oxygens (including phenoxy) is 2. The number of aryl methyl sites for hydroxylation is 1. The number of methoxy groups -OCH3 is 1. The number of aromatic amines is 1. The summed E-state index contributed by atoms with van der Waals surface area (Å²) in [5.41, 5.74) is 8.08. The average Bonchev–Trinajstić information content (AvgIpc) is 3.96. The van der Waals surface area contributed by atoms with Gasteiger partial charge in [0.25, 0.3) is 11.7 Å². The van der Waals surface area contributed by atoms with Gasteiger partial charge in [0.2, 0.25) is 17.7 Å². The molecule has 8 rings (SSSR count). The number of rotatable bonds is 14. The summed E-state index contributed by atoms with van der Waals surface area (Å²) in [6.45, 7) is 15.1. The van der Waals surface area contributed by atoms with Crippen molar-refractivity contribution < 1.29 is 28.4 Å². The fraction of sp³-hybridized carbons (Fsp3) is 0.383. The number of piperazine rings is 1. The molecule has 2 fully saturated rings. The third kappa shape index (κ3) is 9.81. The summed E-state index contributed by atoms with van der Waals surface area (Å²) < 4.78 is 16.9. The number of nitrogens with one attached hydrogen (secondary N) is 4. The zero-order valence-electron chi connectivity index (χ0n) is 36.6. The van der Waals surface area contributed by atoms with Gasteiger partial charge in [0.1, 0.15) is 17.5 Å². The van der Waals surface area contributed by atoms with Crippen LogP contribution >= 0.6 is 0 Å². The summed E-state index contributed by atoms with van der Waals surface area (Å²) in [6.07, 6.45) is 3.49. The van der Waals surface area contributed by atoms with Crippen LogP contribution in [0.25, 0.3) is 33.4 Å². The molecule has 0 radical (unpaired) electrons. The second-order valence-corrected chi connectivity index (χ2v) is 17.2. The van der Waals surface area contributed by atoms with Gasteiger partial charge >= 0.3 is 0 Å². The van der Waals surface area contributed by atoms with E-state index in [1.165, 1.54) is 5.69 Å². The molecule has 2 aliphatic rings. The number of hydrogen-bond donors (Lipinski definition) is 4. The van der Waals surface area contributed by atoms with Crippen LogP contribution in [0.4, 0.5) is 11.4 Å². The molecule has 5 heterocycles. The van der Waals surface area contributed by atoms with Gasteiger partial charge in [-0.1, -0.05) is 50.2 Å².